The number of carbonyl (C=O) groups excluding carboxylic acids is 3. The van der Waals surface area contributed by atoms with Gasteiger partial charge in [-0.05, 0) is 37.3 Å². The van der Waals surface area contributed by atoms with Crippen molar-refractivity contribution in [1.82, 2.24) is 10.3 Å². The van der Waals surface area contributed by atoms with E-state index < -0.39 is 17.8 Å². The van der Waals surface area contributed by atoms with Crippen LogP contribution in [0.25, 0.3) is 22.2 Å². The van der Waals surface area contributed by atoms with Crippen molar-refractivity contribution in [2.45, 2.75) is 6.92 Å². The minimum atomic E-state index is -0.653. The van der Waals surface area contributed by atoms with Gasteiger partial charge in [-0.3, -0.25) is 9.59 Å². The summed E-state index contributed by atoms with van der Waals surface area (Å²) in [4.78, 5) is 40.9. The second-order valence-electron chi connectivity index (χ2n) is 7.50. The molecule has 2 amide bonds. The topological polar surface area (TPSA) is 111 Å². The molecule has 0 unspecified atom stereocenters. The predicted molar refractivity (Wildman–Crippen MR) is 125 cm³/mol. The Hall–Kier alpha value is -4.52. The molecule has 3 N–H and O–H groups in total. The maximum absolute atomic E-state index is 13.2. The van der Waals surface area contributed by atoms with Gasteiger partial charge in [0.2, 0.25) is 5.91 Å². The standard InChI is InChI=1S/C26H21N3O4/c1-16-9-11-17(12-10-16)23-14-21(20-7-2-3-8-22(20)29-23)26(32)33-19-6-4-5-18(13-19)25(31)28-15-24(27)30/h2-14H,15H2,1H3,(H2,27,30)(H,28,31). The first-order valence-electron chi connectivity index (χ1n) is 10.3. The largest absolute Gasteiger partial charge is 0.423 e. The van der Waals surface area contributed by atoms with Crippen molar-refractivity contribution in [3.8, 4) is 17.0 Å². The third kappa shape index (κ3) is 5.04. The van der Waals surface area contributed by atoms with E-state index in [-0.39, 0.29) is 17.9 Å². The molecule has 0 saturated carbocycles. The number of para-hydroxylation sites is 1. The molecule has 0 aliphatic heterocycles. The van der Waals surface area contributed by atoms with Gasteiger partial charge in [0.15, 0.2) is 0 Å². The minimum absolute atomic E-state index is 0.199. The Morgan fingerprint density at radius 1 is 0.939 bits per heavy atom. The van der Waals surface area contributed by atoms with Gasteiger partial charge >= 0.3 is 5.97 Å². The first-order chi connectivity index (χ1) is 15.9. The number of nitrogens with two attached hydrogens (primary N) is 1. The second kappa shape index (κ2) is 9.32. The van der Waals surface area contributed by atoms with E-state index in [1.807, 2.05) is 55.5 Å². The number of aromatic nitrogens is 1. The molecule has 7 heteroatoms. The summed E-state index contributed by atoms with van der Waals surface area (Å²) in [6.07, 6.45) is 0. The molecular weight excluding hydrogens is 418 g/mol. The van der Waals surface area contributed by atoms with Crippen LogP contribution in [0.5, 0.6) is 5.75 Å². The fraction of sp³-hybridized carbons (Fsp3) is 0.0769. The van der Waals surface area contributed by atoms with Crippen molar-refractivity contribution in [1.29, 1.82) is 0 Å². The number of primary amides is 1. The molecule has 0 bridgehead atoms. The van der Waals surface area contributed by atoms with Crippen LogP contribution in [-0.4, -0.2) is 29.3 Å². The molecule has 164 valence electrons. The Balaban J connectivity index is 1.66. The molecule has 0 spiro atoms. The SMILES string of the molecule is Cc1ccc(-c2cc(C(=O)Oc3cccc(C(=O)NCC(N)=O)c3)c3ccccc3n2)cc1. The van der Waals surface area contributed by atoms with Gasteiger partial charge in [0.1, 0.15) is 5.75 Å². The van der Waals surface area contributed by atoms with Crippen molar-refractivity contribution in [3.63, 3.8) is 0 Å². The number of fused-ring (bicyclic) bond motifs is 1. The highest BCUT2D eigenvalue weighted by Gasteiger charge is 2.17. The number of ether oxygens (including phenoxy) is 1. The van der Waals surface area contributed by atoms with Crippen LogP contribution in [0.1, 0.15) is 26.3 Å². The molecule has 4 aromatic rings. The van der Waals surface area contributed by atoms with E-state index in [0.717, 1.165) is 11.1 Å². The fourth-order valence-electron chi connectivity index (χ4n) is 3.35. The number of esters is 1. The van der Waals surface area contributed by atoms with Crippen LogP contribution in [0.3, 0.4) is 0 Å². The van der Waals surface area contributed by atoms with Crippen LogP contribution in [-0.2, 0) is 4.79 Å². The summed E-state index contributed by atoms with van der Waals surface area (Å²) in [7, 11) is 0. The molecule has 0 fully saturated rings. The number of pyridine rings is 1. The fourth-order valence-corrected chi connectivity index (χ4v) is 3.35. The number of aryl methyl sites for hydroxylation is 1. The number of nitrogens with one attached hydrogen (secondary N) is 1. The predicted octanol–water partition coefficient (Wildman–Crippen LogP) is 3.64. The molecule has 1 aromatic heterocycles. The van der Waals surface area contributed by atoms with Crippen molar-refractivity contribution in [2.24, 2.45) is 5.73 Å². The molecule has 0 saturated heterocycles. The number of hydrogen-bond donors (Lipinski definition) is 2. The molecule has 0 aliphatic rings. The Labute approximate surface area is 190 Å². The van der Waals surface area contributed by atoms with Gasteiger partial charge in [0.25, 0.3) is 5.91 Å². The van der Waals surface area contributed by atoms with Crippen molar-refractivity contribution >= 4 is 28.7 Å². The third-order valence-electron chi connectivity index (χ3n) is 5.01. The van der Waals surface area contributed by atoms with E-state index in [2.05, 4.69) is 5.32 Å². The summed E-state index contributed by atoms with van der Waals surface area (Å²) in [6.45, 7) is 1.72. The number of benzene rings is 3. The van der Waals surface area contributed by atoms with Crippen LogP contribution in [0, 0.1) is 6.92 Å². The number of carbonyl (C=O) groups is 3. The molecule has 0 radical (unpaired) electrons. The zero-order chi connectivity index (χ0) is 23.4. The van der Waals surface area contributed by atoms with Gasteiger partial charge in [-0.1, -0.05) is 54.1 Å². The average molecular weight is 439 g/mol. The summed E-state index contributed by atoms with van der Waals surface area (Å²) in [6, 6.07) is 23.1. The number of nitrogens with zero attached hydrogens (tertiary/aromatic N) is 1. The first kappa shape index (κ1) is 21.7. The van der Waals surface area contributed by atoms with Gasteiger partial charge in [-0.2, -0.15) is 0 Å². The average Bonchev–Trinajstić information content (AvgIpc) is 2.82. The highest BCUT2D eigenvalue weighted by Crippen LogP contribution is 2.26. The summed E-state index contributed by atoms with van der Waals surface area (Å²) in [5.74, 6) is -1.52. The molecule has 7 nitrogen and oxygen atoms in total. The monoisotopic (exact) mass is 439 g/mol. The van der Waals surface area contributed by atoms with Crippen LogP contribution in [0.2, 0.25) is 0 Å². The van der Waals surface area contributed by atoms with E-state index >= 15 is 0 Å². The van der Waals surface area contributed by atoms with Gasteiger partial charge in [0, 0.05) is 16.5 Å². The van der Waals surface area contributed by atoms with Gasteiger partial charge < -0.3 is 15.8 Å². The van der Waals surface area contributed by atoms with Crippen LogP contribution < -0.4 is 15.8 Å². The van der Waals surface area contributed by atoms with Crippen molar-refractivity contribution in [3.05, 3.63) is 95.6 Å². The normalized spacial score (nSPS) is 10.6. The van der Waals surface area contributed by atoms with Crippen LogP contribution in [0.4, 0.5) is 0 Å². The summed E-state index contributed by atoms with van der Waals surface area (Å²) in [5.41, 5.74) is 8.98. The lowest BCUT2D eigenvalue weighted by Crippen LogP contribution is -2.33. The maximum Gasteiger partial charge on any atom is 0.344 e. The molecule has 33 heavy (non-hydrogen) atoms. The van der Waals surface area contributed by atoms with Crippen LogP contribution >= 0.6 is 0 Å². The summed E-state index contributed by atoms with van der Waals surface area (Å²) < 4.78 is 5.60. The molecule has 0 aliphatic carbocycles. The van der Waals surface area contributed by atoms with Crippen molar-refractivity contribution < 1.29 is 19.1 Å². The van der Waals surface area contributed by atoms with E-state index in [1.54, 1.807) is 24.3 Å². The highest BCUT2D eigenvalue weighted by atomic mass is 16.5. The first-order valence-corrected chi connectivity index (χ1v) is 10.3. The Kier molecular flexibility index (Phi) is 6.13. The number of hydrogen-bond acceptors (Lipinski definition) is 5. The van der Waals surface area contributed by atoms with Crippen LogP contribution in [0.15, 0.2) is 78.9 Å². The second-order valence-corrected chi connectivity index (χ2v) is 7.50. The molecule has 0 atom stereocenters. The third-order valence-corrected chi connectivity index (χ3v) is 5.01. The lowest BCUT2D eigenvalue weighted by Gasteiger charge is -2.11. The lowest BCUT2D eigenvalue weighted by molar-refractivity contribution is -0.117. The zero-order valence-corrected chi connectivity index (χ0v) is 17.9. The Morgan fingerprint density at radius 3 is 2.45 bits per heavy atom. The smallest absolute Gasteiger partial charge is 0.344 e. The van der Waals surface area contributed by atoms with Gasteiger partial charge in [-0.25, -0.2) is 9.78 Å². The van der Waals surface area contributed by atoms with Gasteiger partial charge in [-0.15, -0.1) is 0 Å². The zero-order valence-electron chi connectivity index (χ0n) is 17.9. The highest BCUT2D eigenvalue weighted by molar-refractivity contribution is 6.05. The van der Waals surface area contributed by atoms with E-state index in [0.29, 0.717) is 22.2 Å². The molecule has 4 rings (SSSR count). The maximum atomic E-state index is 13.2. The Morgan fingerprint density at radius 2 is 1.70 bits per heavy atom. The summed E-state index contributed by atoms with van der Waals surface area (Å²) >= 11 is 0. The van der Waals surface area contributed by atoms with E-state index in [1.165, 1.54) is 6.07 Å². The molecular formula is C26H21N3O4. The quantitative estimate of drug-likeness (QED) is 0.352. The Bertz CT molecular complexity index is 1360. The number of amides is 2. The lowest BCUT2D eigenvalue weighted by atomic mass is 10.0. The summed E-state index contributed by atoms with van der Waals surface area (Å²) in [5, 5.41) is 3.06. The minimum Gasteiger partial charge on any atom is -0.423 e. The van der Waals surface area contributed by atoms with Gasteiger partial charge in [0.05, 0.1) is 23.3 Å². The molecule has 3 aromatic carbocycles. The van der Waals surface area contributed by atoms with E-state index in [9.17, 15) is 14.4 Å². The van der Waals surface area contributed by atoms with E-state index in [4.69, 9.17) is 15.5 Å². The number of rotatable bonds is 6. The van der Waals surface area contributed by atoms with Crippen molar-refractivity contribution in [2.75, 3.05) is 6.54 Å². The molecule has 1 heterocycles.